The monoisotopic (exact) mass is 342 g/mol. The Morgan fingerprint density at radius 1 is 1.08 bits per heavy atom. The standard InChI is InChI=1S/C17H12ClFN4O/c18-14-9-15(23-17(24)11-4-2-6-13(20)8-11)22-16(21-14)10-3-1-5-12(19)7-10/h1-9H,20H2,(H,21,22,23,24). The number of nitrogens with two attached hydrogens (primary N) is 1. The number of anilines is 2. The van der Waals surface area contributed by atoms with Crippen LogP contribution < -0.4 is 11.1 Å². The fourth-order valence-corrected chi connectivity index (χ4v) is 2.29. The molecular weight excluding hydrogens is 331 g/mol. The lowest BCUT2D eigenvalue weighted by atomic mass is 10.2. The summed E-state index contributed by atoms with van der Waals surface area (Å²) in [4.78, 5) is 20.5. The van der Waals surface area contributed by atoms with Gasteiger partial charge in [-0.05, 0) is 30.3 Å². The topological polar surface area (TPSA) is 80.9 Å². The second kappa shape index (κ2) is 6.64. The normalized spacial score (nSPS) is 10.4. The zero-order chi connectivity index (χ0) is 17.1. The van der Waals surface area contributed by atoms with E-state index >= 15 is 0 Å². The molecule has 0 fully saturated rings. The molecule has 0 aliphatic heterocycles. The maximum Gasteiger partial charge on any atom is 0.256 e. The van der Waals surface area contributed by atoms with Crippen LogP contribution in [-0.4, -0.2) is 15.9 Å². The number of hydrogen-bond donors (Lipinski definition) is 2. The average Bonchev–Trinajstić information content (AvgIpc) is 2.54. The van der Waals surface area contributed by atoms with Crippen molar-refractivity contribution in [2.24, 2.45) is 0 Å². The highest BCUT2D eigenvalue weighted by Crippen LogP contribution is 2.21. The van der Waals surface area contributed by atoms with E-state index in [4.69, 9.17) is 17.3 Å². The molecule has 0 saturated heterocycles. The summed E-state index contributed by atoms with van der Waals surface area (Å²) < 4.78 is 13.4. The van der Waals surface area contributed by atoms with Crippen molar-refractivity contribution < 1.29 is 9.18 Å². The Kier molecular flexibility index (Phi) is 4.39. The first kappa shape index (κ1) is 15.9. The van der Waals surface area contributed by atoms with E-state index in [2.05, 4.69) is 15.3 Å². The van der Waals surface area contributed by atoms with Crippen LogP contribution in [0, 0.1) is 5.82 Å². The van der Waals surface area contributed by atoms with Gasteiger partial charge in [0.2, 0.25) is 0 Å². The van der Waals surface area contributed by atoms with Gasteiger partial charge < -0.3 is 11.1 Å². The van der Waals surface area contributed by atoms with Crippen molar-refractivity contribution in [3.63, 3.8) is 0 Å². The highest BCUT2D eigenvalue weighted by molar-refractivity contribution is 6.29. The second-order valence-electron chi connectivity index (χ2n) is 4.99. The summed E-state index contributed by atoms with van der Waals surface area (Å²) in [6, 6.07) is 13.7. The van der Waals surface area contributed by atoms with Gasteiger partial charge in [0.15, 0.2) is 5.82 Å². The van der Waals surface area contributed by atoms with Crippen molar-refractivity contribution >= 4 is 29.0 Å². The molecule has 0 radical (unpaired) electrons. The molecule has 0 unspecified atom stereocenters. The molecule has 3 aromatic rings. The maximum atomic E-state index is 13.4. The molecule has 5 nitrogen and oxygen atoms in total. The molecule has 0 aliphatic rings. The number of nitrogens with one attached hydrogen (secondary N) is 1. The number of nitrogen functional groups attached to an aromatic ring is 1. The lowest BCUT2D eigenvalue weighted by Gasteiger charge is -2.08. The van der Waals surface area contributed by atoms with Gasteiger partial charge in [-0.1, -0.05) is 29.8 Å². The number of carbonyl (C=O) groups excluding carboxylic acids is 1. The molecule has 0 atom stereocenters. The van der Waals surface area contributed by atoms with Crippen LogP contribution in [-0.2, 0) is 0 Å². The minimum Gasteiger partial charge on any atom is -0.399 e. The second-order valence-corrected chi connectivity index (χ2v) is 5.38. The number of amides is 1. The minimum absolute atomic E-state index is 0.132. The Balaban J connectivity index is 1.90. The molecule has 3 rings (SSSR count). The molecule has 2 aromatic carbocycles. The van der Waals surface area contributed by atoms with E-state index in [1.165, 1.54) is 18.2 Å². The molecule has 24 heavy (non-hydrogen) atoms. The Morgan fingerprint density at radius 2 is 1.88 bits per heavy atom. The van der Waals surface area contributed by atoms with Crippen LogP contribution in [0.15, 0.2) is 54.6 Å². The van der Waals surface area contributed by atoms with Gasteiger partial charge in [0.05, 0.1) is 0 Å². The van der Waals surface area contributed by atoms with Gasteiger partial charge in [-0.2, -0.15) is 0 Å². The predicted octanol–water partition coefficient (Wildman–Crippen LogP) is 3.77. The summed E-state index contributed by atoms with van der Waals surface area (Å²) >= 11 is 5.98. The molecule has 120 valence electrons. The summed E-state index contributed by atoms with van der Waals surface area (Å²) in [5, 5.41) is 2.76. The third-order valence-electron chi connectivity index (χ3n) is 3.17. The first-order chi connectivity index (χ1) is 11.5. The third-order valence-corrected chi connectivity index (χ3v) is 3.36. The molecular formula is C17H12ClFN4O. The average molecular weight is 343 g/mol. The van der Waals surface area contributed by atoms with Crippen molar-refractivity contribution in [3.8, 4) is 11.4 Å². The molecule has 0 saturated carbocycles. The summed E-state index contributed by atoms with van der Waals surface area (Å²) in [7, 11) is 0. The van der Waals surface area contributed by atoms with Crippen LogP contribution in [0.5, 0.6) is 0 Å². The first-order valence-electron chi connectivity index (χ1n) is 6.99. The molecule has 0 spiro atoms. The lowest BCUT2D eigenvalue weighted by molar-refractivity contribution is 0.102. The van der Waals surface area contributed by atoms with Gasteiger partial charge in [0.25, 0.3) is 5.91 Å². The highest BCUT2D eigenvalue weighted by atomic mass is 35.5. The van der Waals surface area contributed by atoms with E-state index in [9.17, 15) is 9.18 Å². The van der Waals surface area contributed by atoms with Gasteiger partial charge in [-0.25, -0.2) is 14.4 Å². The van der Waals surface area contributed by atoms with E-state index in [0.717, 1.165) is 0 Å². The number of hydrogen-bond acceptors (Lipinski definition) is 4. The van der Waals surface area contributed by atoms with Crippen LogP contribution in [0.25, 0.3) is 11.4 Å². The molecule has 7 heteroatoms. The van der Waals surface area contributed by atoms with Crippen LogP contribution in [0.3, 0.4) is 0 Å². The highest BCUT2D eigenvalue weighted by Gasteiger charge is 2.11. The Labute approximate surface area is 142 Å². The number of carbonyl (C=O) groups is 1. The SMILES string of the molecule is Nc1cccc(C(=O)Nc2cc(Cl)nc(-c3cccc(F)c3)n2)c1. The Morgan fingerprint density at radius 3 is 2.62 bits per heavy atom. The fraction of sp³-hybridized carbons (Fsp3) is 0. The van der Waals surface area contributed by atoms with Crippen molar-refractivity contribution in [1.29, 1.82) is 0 Å². The lowest BCUT2D eigenvalue weighted by Crippen LogP contribution is -2.13. The van der Waals surface area contributed by atoms with E-state index in [1.807, 2.05) is 0 Å². The van der Waals surface area contributed by atoms with Crippen molar-refractivity contribution in [3.05, 3.63) is 71.1 Å². The van der Waals surface area contributed by atoms with Crippen LogP contribution in [0.1, 0.15) is 10.4 Å². The molecule has 0 aliphatic carbocycles. The first-order valence-corrected chi connectivity index (χ1v) is 7.36. The van der Waals surface area contributed by atoms with Gasteiger partial charge in [0.1, 0.15) is 16.8 Å². The van der Waals surface area contributed by atoms with Crippen LogP contribution in [0.4, 0.5) is 15.9 Å². The van der Waals surface area contributed by atoms with Crippen molar-refractivity contribution in [2.45, 2.75) is 0 Å². The number of nitrogens with zero attached hydrogens (tertiary/aromatic N) is 2. The van der Waals surface area contributed by atoms with Crippen molar-refractivity contribution in [1.82, 2.24) is 9.97 Å². The number of halogens is 2. The summed E-state index contributed by atoms with van der Waals surface area (Å²) in [6.07, 6.45) is 0. The number of benzene rings is 2. The smallest absolute Gasteiger partial charge is 0.256 e. The minimum atomic E-state index is -0.415. The van der Waals surface area contributed by atoms with Crippen molar-refractivity contribution in [2.75, 3.05) is 11.1 Å². The Bertz CT molecular complexity index is 917. The largest absolute Gasteiger partial charge is 0.399 e. The summed E-state index contributed by atoms with van der Waals surface area (Å²) in [5.74, 6) is -0.379. The molecule has 0 bridgehead atoms. The zero-order valence-electron chi connectivity index (χ0n) is 12.3. The van der Waals surface area contributed by atoms with Gasteiger partial charge in [-0.15, -0.1) is 0 Å². The van der Waals surface area contributed by atoms with E-state index in [-0.39, 0.29) is 22.7 Å². The molecule has 1 amide bonds. The van der Waals surface area contributed by atoms with Gasteiger partial charge in [-0.3, -0.25) is 4.79 Å². The number of rotatable bonds is 3. The van der Waals surface area contributed by atoms with Gasteiger partial charge in [0, 0.05) is 22.9 Å². The number of aromatic nitrogens is 2. The van der Waals surface area contributed by atoms with Gasteiger partial charge >= 0.3 is 0 Å². The quantitative estimate of drug-likeness (QED) is 0.561. The van der Waals surface area contributed by atoms with Crippen LogP contribution >= 0.6 is 11.6 Å². The third kappa shape index (κ3) is 3.67. The summed E-state index contributed by atoms with van der Waals surface area (Å²) in [6.45, 7) is 0. The van der Waals surface area contributed by atoms with Crippen LogP contribution in [0.2, 0.25) is 5.15 Å². The predicted molar refractivity (Wildman–Crippen MR) is 91.2 cm³/mol. The van der Waals surface area contributed by atoms with E-state index < -0.39 is 5.82 Å². The zero-order valence-corrected chi connectivity index (χ0v) is 13.1. The fourth-order valence-electron chi connectivity index (χ4n) is 2.11. The van der Waals surface area contributed by atoms with E-state index in [1.54, 1.807) is 36.4 Å². The maximum absolute atomic E-state index is 13.4. The Hall–Kier alpha value is -2.99. The molecule has 1 aromatic heterocycles. The molecule has 1 heterocycles. The molecule has 3 N–H and O–H groups in total. The van der Waals surface area contributed by atoms with E-state index in [0.29, 0.717) is 16.8 Å². The summed E-state index contributed by atoms with van der Waals surface area (Å²) in [5.41, 5.74) is 6.98.